The van der Waals surface area contributed by atoms with E-state index in [1.165, 1.54) is 5.56 Å². The van der Waals surface area contributed by atoms with Crippen LogP contribution >= 0.6 is 27.3 Å². The van der Waals surface area contributed by atoms with Crippen molar-refractivity contribution in [2.75, 3.05) is 0 Å². The van der Waals surface area contributed by atoms with Crippen molar-refractivity contribution in [3.05, 3.63) is 56.7 Å². The van der Waals surface area contributed by atoms with Gasteiger partial charge >= 0.3 is 0 Å². The van der Waals surface area contributed by atoms with Crippen LogP contribution in [0.15, 0.2) is 46.3 Å². The van der Waals surface area contributed by atoms with Crippen LogP contribution in [0.3, 0.4) is 0 Å². The van der Waals surface area contributed by atoms with Crippen LogP contribution in [-0.2, 0) is 17.8 Å². The van der Waals surface area contributed by atoms with E-state index in [-0.39, 0.29) is 5.91 Å². The molecule has 3 N–H and O–H groups in total. The van der Waals surface area contributed by atoms with E-state index in [2.05, 4.69) is 21.2 Å². The zero-order valence-electron chi connectivity index (χ0n) is 11.0. The summed E-state index contributed by atoms with van der Waals surface area (Å²) in [5, 5.41) is 2.87. The van der Waals surface area contributed by atoms with E-state index in [0.717, 1.165) is 15.1 Å². The smallest absolute Gasteiger partial charge is 0.237 e. The molecule has 1 atom stereocenters. The first-order valence-corrected chi connectivity index (χ1v) is 8.07. The van der Waals surface area contributed by atoms with Gasteiger partial charge in [0, 0.05) is 4.88 Å². The van der Waals surface area contributed by atoms with Crippen LogP contribution < -0.4 is 11.1 Å². The molecule has 3 nitrogen and oxygen atoms in total. The molecular formula is C15H17BrN2OS. The molecule has 0 fully saturated rings. The molecule has 0 aliphatic carbocycles. The summed E-state index contributed by atoms with van der Waals surface area (Å²) >= 11 is 5.01. The first-order valence-electron chi connectivity index (χ1n) is 6.46. The van der Waals surface area contributed by atoms with Crippen molar-refractivity contribution in [1.29, 1.82) is 0 Å². The van der Waals surface area contributed by atoms with Gasteiger partial charge in [-0.05, 0) is 46.5 Å². The first kappa shape index (κ1) is 15.2. The molecule has 0 bridgehead atoms. The van der Waals surface area contributed by atoms with E-state index in [9.17, 15) is 4.79 Å². The van der Waals surface area contributed by atoms with Crippen molar-refractivity contribution in [2.24, 2.45) is 5.73 Å². The largest absolute Gasteiger partial charge is 0.350 e. The summed E-state index contributed by atoms with van der Waals surface area (Å²) in [6, 6.07) is 13.6. The minimum atomic E-state index is -0.460. The predicted octanol–water partition coefficient (Wildman–Crippen LogP) is 3.09. The summed E-state index contributed by atoms with van der Waals surface area (Å²) in [6.07, 6.45) is 1.48. The second kappa shape index (κ2) is 7.57. The molecule has 1 amide bonds. The van der Waals surface area contributed by atoms with Gasteiger partial charge < -0.3 is 11.1 Å². The fourth-order valence-corrected chi connectivity index (χ4v) is 3.27. The Morgan fingerprint density at radius 3 is 2.65 bits per heavy atom. The highest BCUT2D eigenvalue weighted by Crippen LogP contribution is 2.21. The second-order valence-corrected chi connectivity index (χ2v) is 7.10. The Morgan fingerprint density at radius 1 is 1.25 bits per heavy atom. The van der Waals surface area contributed by atoms with Gasteiger partial charge in [0.1, 0.15) is 0 Å². The number of carbonyl (C=O) groups is 1. The van der Waals surface area contributed by atoms with Crippen LogP contribution in [0.25, 0.3) is 0 Å². The van der Waals surface area contributed by atoms with Gasteiger partial charge in [-0.1, -0.05) is 30.3 Å². The SMILES string of the molecule is N[C@@H](CCc1ccccc1)C(=O)NCc1ccc(Br)s1. The van der Waals surface area contributed by atoms with Gasteiger partial charge in [-0.15, -0.1) is 11.3 Å². The fourth-order valence-electron chi connectivity index (χ4n) is 1.85. The number of halogens is 1. The van der Waals surface area contributed by atoms with Crippen molar-refractivity contribution in [1.82, 2.24) is 5.32 Å². The number of rotatable bonds is 6. The number of hydrogen-bond acceptors (Lipinski definition) is 3. The van der Waals surface area contributed by atoms with Gasteiger partial charge in [0.25, 0.3) is 0 Å². The van der Waals surface area contributed by atoms with Gasteiger partial charge in [-0.2, -0.15) is 0 Å². The summed E-state index contributed by atoms with van der Waals surface area (Å²) in [6.45, 7) is 0.536. The highest BCUT2D eigenvalue weighted by molar-refractivity contribution is 9.11. The summed E-state index contributed by atoms with van der Waals surface area (Å²) in [5.41, 5.74) is 7.12. The van der Waals surface area contributed by atoms with Crippen molar-refractivity contribution < 1.29 is 4.79 Å². The lowest BCUT2D eigenvalue weighted by Crippen LogP contribution is -2.40. The number of aryl methyl sites for hydroxylation is 1. The van der Waals surface area contributed by atoms with Crippen molar-refractivity contribution >= 4 is 33.2 Å². The van der Waals surface area contributed by atoms with E-state index in [0.29, 0.717) is 13.0 Å². The molecule has 0 aliphatic heterocycles. The van der Waals surface area contributed by atoms with Crippen LogP contribution in [0.1, 0.15) is 16.9 Å². The van der Waals surface area contributed by atoms with Gasteiger partial charge in [-0.3, -0.25) is 4.79 Å². The molecule has 0 spiro atoms. The average Bonchev–Trinajstić information content (AvgIpc) is 2.89. The normalized spacial score (nSPS) is 12.1. The minimum Gasteiger partial charge on any atom is -0.350 e. The van der Waals surface area contributed by atoms with Crippen molar-refractivity contribution in [2.45, 2.75) is 25.4 Å². The molecule has 0 unspecified atom stereocenters. The average molecular weight is 353 g/mol. The standard InChI is InChI=1S/C15H17BrN2OS/c16-14-9-7-12(20-14)10-18-15(19)13(17)8-6-11-4-2-1-3-5-11/h1-5,7,9,13H,6,8,10,17H2,(H,18,19)/t13-/m0/s1. The van der Waals surface area contributed by atoms with E-state index < -0.39 is 6.04 Å². The first-order chi connectivity index (χ1) is 9.65. The summed E-state index contributed by atoms with van der Waals surface area (Å²) in [5.74, 6) is -0.0922. The number of carbonyl (C=O) groups excluding carboxylic acids is 1. The zero-order valence-corrected chi connectivity index (χ0v) is 13.4. The van der Waals surface area contributed by atoms with Crippen molar-refractivity contribution in [3.63, 3.8) is 0 Å². The van der Waals surface area contributed by atoms with Crippen LogP contribution in [-0.4, -0.2) is 11.9 Å². The Morgan fingerprint density at radius 2 is 2.00 bits per heavy atom. The van der Waals surface area contributed by atoms with Gasteiger partial charge in [-0.25, -0.2) is 0 Å². The second-order valence-electron chi connectivity index (χ2n) is 4.55. The molecule has 0 radical (unpaired) electrons. The van der Waals surface area contributed by atoms with Crippen molar-refractivity contribution in [3.8, 4) is 0 Å². The molecule has 2 aromatic rings. The Hall–Kier alpha value is -1.17. The number of amides is 1. The maximum atomic E-state index is 11.9. The minimum absolute atomic E-state index is 0.0922. The zero-order chi connectivity index (χ0) is 14.4. The van der Waals surface area contributed by atoms with Crippen LogP contribution in [0.2, 0.25) is 0 Å². The monoisotopic (exact) mass is 352 g/mol. The van der Waals surface area contributed by atoms with E-state index >= 15 is 0 Å². The maximum Gasteiger partial charge on any atom is 0.237 e. The third-order valence-corrected chi connectivity index (χ3v) is 4.61. The molecule has 2 rings (SSSR count). The quantitative estimate of drug-likeness (QED) is 0.839. The Labute approximate surface area is 131 Å². The molecule has 0 aliphatic rings. The number of nitrogens with two attached hydrogens (primary N) is 1. The molecule has 0 saturated heterocycles. The third kappa shape index (κ3) is 4.74. The van der Waals surface area contributed by atoms with Crippen LogP contribution in [0.5, 0.6) is 0 Å². The van der Waals surface area contributed by atoms with Gasteiger partial charge in [0.2, 0.25) is 5.91 Å². The Bertz CT molecular complexity index is 556. The number of nitrogens with one attached hydrogen (secondary N) is 1. The lowest BCUT2D eigenvalue weighted by atomic mass is 10.1. The maximum absolute atomic E-state index is 11.9. The number of benzene rings is 1. The van der Waals surface area contributed by atoms with Gasteiger partial charge in [0.05, 0.1) is 16.4 Å². The fraction of sp³-hybridized carbons (Fsp3) is 0.267. The summed E-state index contributed by atoms with van der Waals surface area (Å²) in [7, 11) is 0. The molecule has 0 saturated carbocycles. The molecule has 1 aromatic heterocycles. The number of thiophene rings is 1. The van der Waals surface area contributed by atoms with E-state index in [4.69, 9.17) is 5.73 Å². The Balaban J connectivity index is 1.74. The van der Waals surface area contributed by atoms with Crippen LogP contribution in [0, 0.1) is 0 Å². The summed E-state index contributed by atoms with van der Waals surface area (Å²) in [4.78, 5) is 13.0. The highest BCUT2D eigenvalue weighted by atomic mass is 79.9. The predicted molar refractivity (Wildman–Crippen MR) is 86.6 cm³/mol. The topological polar surface area (TPSA) is 55.1 Å². The van der Waals surface area contributed by atoms with Crippen LogP contribution in [0.4, 0.5) is 0 Å². The lowest BCUT2D eigenvalue weighted by Gasteiger charge is -2.11. The van der Waals surface area contributed by atoms with Gasteiger partial charge in [0.15, 0.2) is 0 Å². The molecule has 1 aromatic carbocycles. The molecule has 1 heterocycles. The molecule has 106 valence electrons. The molecule has 20 heavy (non-hydrogen) atoms. The Kier molecular flexibility index (Phi) is 5.76. The lowest BCUT2D eigenvalue weighted by molar-refractivity contribution is -0.122. The molecule has 5 heteroatoms. The van der Waals surface area contributed by atoms with E-state index in [1.54, 1.807) is 11.3 Å². The van der Waals surface area contributed by atoms with E-state index in [1.807, 2.05) is 42.5 Å². The highest BCUT2D eigenvalue weighted by Gasteiger charge is 2.13. The summed E-state index contributed by atoms with van der Waals surface area (Å²) < 4.78 is 1.06. The molecular weight excluding hydrogens is 336 g/mol. The number of hydrogen-bond donors (Lipinski definition) is 2. The third-order valence-electron chi connectivity index (χ3n) is 2.99.